The molecule has 0 atom stereocenters. The van der Waals surface area contributed by atoms with Crippen LogP contribution in [0.25, 0.3) is 17.0 Å². The predicted molar refractivity (Wildman–Crippen MR) is 81.6 cm³/mol. The Hall–Kier alpha value is -2.56. The van der Waals surface area contributed by atoms with Gasteiger partial charge in [0.05, 0.1) is 12.8 Å². The molecule has 0 bridgehead atoms. The second-order valence-electron chi connectivity index (χ2n) is 5.29. The quantitative estimate of drug-likeness (QED) is 0.798. The van der Waals surface area contributed by atoms with Crippen LogP contribution in [0.3, 0.4) is 0 Å². The summed E-state index contributed by atoms with van der Waals surface area (Å²) in [6, 6.07) is 10.5. The highest BCUT2D eigenvalue weighted by Gasteiger charge is 2.21. The van der Waals surface area contributed by atoms with Crippen molar-refractivity contribution in [2.24, 2.45) is 0 Å². The van der Waals surface area contributed by atoms with E-state index in [0.717, 1.165) is 22.8 Å². The number of aromatic nitrogens is 3. The Kier molecular flexibility index (Phi) is 2.77. The molecular weight excluding hydrogens is 264 g/mol. The average molecular weight is 280 g/mol. The fourth-order valence-corrected chi connectivity index (χ4v) is 2.29. The number of methoxy groups -OCH3 is 1. The smallest absolute Gasteiger partial charge is 0.236 e. The lowest BCUT2D eigenvalue weighted by Gasteiger charge is -2.02. The summed E-state index contributed by atoms with van der Waals surface area (Å²) in [5, 5.41) is 3.39. The standard InChI is InChI=1S/C16H16N4O/c1-21-13-6-2-11(3-7-13)14-10-20-9-8-15(17-12-4-5-12)19-16(20)18-14/h2-3,6-10,12H,4-5H2,1H3,(H,17,18,19). The van der Waals surface area contributed by atoms with E-state index in [-0.39, 0.29) is 0 Å². The Balaban J connectivity index is 1.68. The zero-order chi connectivity index (χ0) is 14.2. The lowest BCUT2D eigenvalue weighted by molar-refractivity contribution is 0.415. The highest BCUT2D eigenvalue weighted by atomic mass is 16.5. The minimum atomic E-state index is 0.593. The van der Waals surface area contributed by atoms with Crippen molar-refractivity contribution in [2.45, 2.75) is 18.9 Å². The number of fused-ring (bicyclic) bond motifs is 1. The highest BCUT2D eigenvalue weighted by molar-refractivity contribution is 5.62. The minimum absolute atomic E-state index is 0.593. The molecule has 0 spiro atoms. The second kappa shape index (κ2) is 4.77. The van der Waals surface area contributed by atoms with Crippen LogP contribution in [0, 0.1) is 0 Å². The van der Waals surface area contributed by atoms with Gasteiger partial charge in [-0.05, 0) is 43.2 Å². The van der Waals surface area contributed by atoms with Crippen LogP contribution in [-0.2, 0) is 0 Å². The number of ether oxygens (including phenoxy) is 1. The summed E-state index contributed by atoms with van der Waals surface area (Å²) in [4.78, 5) is 9.15. The van der Waals surface area contributed by atoms with Gasteiger partial charge in [-0.15, -0.1) is 0 Å². The molecule has 1 saturated carbocycles. The van der Waals surface area contributed by atoms with Gasteiger partial charge in [0.25, 0.3) is 0 Å². The molecule has 5 nitrogen and oxygen atoms in total. The van der Waals surface area contributed by atoms with Crippen LogP contribution in [-0.4, -0.2) is 27.5 Å². The van der Waals surface area contributed by atoms with Crippen molar-refractivity contribution >= 4 is 11.6 Å². The van der Waals surface area contributed by atoms with Crippen LogP contribution in [0.5, 0.6) is 5.75 Å². The molecule has 1 N–H and O–H groups in total. The number of anilines is 1. The Morgan fingerprint density at radius 2 is 1.95 bits per heavy atom. The van der Waals surface area contributed by atoms with E-state index in [2.05, 4.69) is 15.3 Å². The Bertz CT molecular complexity index is 775. The van der Waals surface area contributed by atoms with Crippen LogP contribution in [0.4, 0.5) is 5.82 Å². The number of hydrogen-bond donors (Lipinski definition) is 1. The van der Waals surface area contributed by atoms with E-state index in [4.69, 9.17) is 4.74 Å². The first kappa shape index (κ1) is 12.2. The summed E-state index contributed by atoms with van der Waals surface area (Å²) in [5.41, 5.74) is 1.96. The highest BCUT2D eigenvalue weighted by Crippen LogP contribution is 2.25. The first-order valence-electron chi connectivity index (χ1n) is 7.08. The molecule has 2 heterocycles. The topological polar surface area (TPSA) is 51.5 Å². The average Bonchev–Trinajstić information content (AvgIpc) is 3.23. The fraction of sp³-hybridized carbons (Fsp3) is 0.250. The van der Waals surface area contributed by atoms with E-state index in [1.165, 1.54) is 12.8 Å². The van der Waals surface area contributed by atoms with Gasteiger partial charge in [-0.2, -0.15) is 4.98 Å². The molecule has 1 aromatic carbocycles. The first-order chi connectivity index (χ1) is 10.3. The van der Waals surface area contributed by atoms with Crippen LogP contribution >= 0.6 is 0 Å². The SMILES string of the molecule is COc1ccc(-c2cn3ccc(NC4CC4)nc3n2)cc1. The monoisotopic (exact) mass is 280 g/mol. The normalized spacial score (nSPS) is 14.3. The van der Waals surface area contributed by atoms with Gasteiger partial charge >= 0.3 is 0 Å². The Morgan fingerprint density at radius 1 is 1.14 bits per heavy atom. The molecule has 21 heavy (non-hydrogen) atoms. The lowest BCUT2D eigenvalue weighted by Crippen LogP contribution is -2.03. The minimum Gasteiger partial charge on any atom is -0.497 e. The summed E-state index contributed by atoms with van der Waals surface area (Å²) < 4.78 is 7.12. The summed E-state index contributed by atoms with van der Waals surface area (Å²) in [6.45, 7) is 0. The summed E-state index contributed by atoms with van der Waals surface area (Å²) in [5.74, 6) is 2.46. The van der Waals surface area contributed by atoms with Crippen LogP contribution < -0.4 is 10.1 Å². The number of nitrogens with zero attached hydrogens (tertiary/aromatic N) is 3. The Morgan fingerprint density at radius 3 is 2.67 bits per heavy atom. The van der Waals surface area contributed by atoms with Gasteiger partial charge in [0.2, 0.25) is 5.78 Å². The maximum absolute atomic E-state index is 5.18. The molecule has 106 valence electrons. The molecule has 0 radical (unpaired) electrons. The molecule has 0 aliphatic heterocycles. The molecule has 2 aromatic heterocycles. The molecule has 0 amide bonds. The van der Waals surface area contributed by atoms with Crippen LogP contribution in [0.2, 0.25) is 0 Å². The molecule has 3 aromatic rings. The molecule has 0 saturated heterocycles. The molecule has 1 aliphatic carbocycles. The number of benzene rings is 1. The zero-order valence-corrected chi connectivity index (χ0v) is 11.8. The van der Waals surface area contributed by atoms with Crippen molar-refractivity contribution in [3.8, 4) is 17.0 Å². The Labute approximate surface area is 122 Å². The third kappa shape index (κ3) is 2.42. The third-order valence-corrected chi connectivity index (χ3v) is 3.64. The van der Waals surface area contributed by atoms with Gasteiger partial charge in [0.15, 0.2) is 0 Å². The van der Waals surface area contributed by atoms with Gasteiger partial charge in [-0.25, -0.2) is 4.98 Å². The van der Waals surface area contributed by atoms with E-state index in [0.29, 0.717) is 11.8 Å². The van der Waals surface area contributed by atoms with Crippen molar-refractivity contribution < 1.29 is 4.74 Å². The van der Waals surface area contributed by atoms with E-state index >= 15 is 0 Å². The van der Waals surface area contributed by atoms with Crippen LogP contribution in [0.15, 0.2) is 42.7 Å². The largest absolute Gasteiger partial charge is 0.497 e. The van der Waals surface area contributed by atoms with Gasteiger partial charge in [-0.1, -0.05) is 0 Å². The maximum Gasteiger partial charge on any atom is 0.236 e. The summed E-state index contributed by atoms with van der Waals surface area (Å²) in [7, 11) is 1.66. The fourth-order valence-electron chi connectivity index (χ4n) is 2.29. The van der Waals surface area contributed by atoms with E-state index in [1.54, 1.807) is 7.11 Å². The van der Waals surface area contributed by atoms with Crippen molar-refractivity contribution in [1.29, 1.82) is 0 Å². The van der Waals surface area contributed by atoms with Crippen molar-refractivity contribution in [1.82, 2.24) is 14.4 Å². The molecule has 4 rings (SSSR count). The van der Waals surface area contributed by atoms with E-state index in [9.17, 15) is 0 Å². The van der Waals surface area contributed by atoms with Gasteiger partial charge < -0.3 is 10.1 Å². The molecule has 0 unspecified atom stereocenters. The number of rotatable bonds is 4. The molecular formula is C16H16N4O. The molecule has 5 heteroatoms. The first-order valence-corrected chi connectivity index (χ1v) is 7.08. The summed E-state index contributed by atoms with van der Waals surface area (Å²) in [6.07, 6.45) is 6.45. The lowest BCUT2D eigenvalue weighted by atomic mass is 10.2. The van der Waals surface area contributed by atoms with E-state index in [1.807, 2.05) is 47.1 Å². The second-order valence-corrected chi connectivity index (χ2v) is 5.29. The predicted octanol–water partition coefficient (Wildman–Crippen LogP) is 2.98. The summed E-state index contributed by atoms with van der Waals surface area (Å²) >= 11 is 0. The van der Waals surface area contributed by atoms with Crippen molar-refractivity contribution in [3.63, 3.8) is 0 Å². The van der Waals surface area contributed by atoms with Gasteiger partial charge in [0.1, 0.15) is 11.6 Å². The molecule has 1 aliphatic rings. The number of imidazole rings is 1. The maximum atomic E-state index is 5.18. The van der Waals surface area contributed by atoms with Gasteiger partial charge in [0, 0.05) is 24.0 Å². The van der Waals surface area contributed by atoms with Crippen molar-refractivity contribution in [3.05, 3.63) is 42.7 Å². The van der Waals surface area contributed by atoms with E-state index < -0.39 is 0 Å². The zero-order valence-electron chi connectivity index (χ0n) is 11.8. The number of hydrogen-bond acceptors (Lipinski definition) is 4. The van der Waals surface area contributed by atoms with Crippen molar-refractivity contribution in [2.75, 3.05) is 12.4 Å². The third-order valence-electron chi connectivity index (χ3n) is 3.64. The van der Waals surface area contributed by atoms with Crippen LogP contribution in [0.1, 0.15) is 12.8 Å². The molecule has 1 fully saturated rings. The number of nitrogens with one attached hydrogen (secondary N) is 1. The van der Waals surface area contributed by atoms with Gasteiger partial charge in [-0.3, -0.25) is 4.40 Å².